The number of esters is 1. The first-order chi connectivity index (χ1) is 19.0. The Labute approximate surface area is 229 Å². The van der Waals surface area contributed by atoms with Gasteiger partial charge in [0.15, 0.2) is 4.80 Å². The summed E-state index contributed by atoms with van der Waals surface area (Å²) in [5.41, 5.74) is 3.31. The molecule has 5 rings (SSSR count). The van der Waals surface area contributed by atoms with Crippen molar-refractivity contribution in [2.45, 2.75) is 26.5 Å². The zero-order valence-corrected chi connectivity index (χ0v) is 22.7. The molecule has 0 fully saturated rings. The first-order valence-corrected chi connectivity index (χ1v) is 13.4. The number of allylic oxidation sites excluding steroid dienone is 1. The van der Waals surface area contributed by atoms with E-state index in [1.165, 1.54) is 11.3 Å². The zero-order valence-electron chi connectivity index (χ0n) is 21.9. The maximum Gasteiger partial charge on any atom is 0.338 e. The van der Waals surface area contributed by atoms with Crippen molar-refractivity contribution in [2.24, 2.45) is 4.99 Å². The van der Waals surface area contributed by atoms with Gasteiger partial charge in [-0.25, -0.2) is 9.79 Å². The molecule has 1 aromatic heterocycles. The molecule has 0 N–H and O–H groups in total. The van der Waals surface area contributed by atoms with Crippen LogP contribution < -0.4 is 24.4 Å². The third kappa shape index (κ3) is 5.56. The molecule has 1 unspecified atom stereocenters. The summed E-state index contributed by atoms with van der Waals surface area (Å²) >= 11 is 1.29. The smallest absolute Gasteiger partial charge is 0.338 e. The number of ether oxygens (including phenoxy) is 3. The number of nitrogens with zero attached hydrogens (tertiary/aromatic N) is 2. The molecule has 1 atom stereocenters. The lowest BCUT2D eigenvalue weighted by atomic mass is 9.95. The molecule has 4 aromatic rings. The number of benzene rings is 3. The van der Waals surface area contributed by atoms with Gasteiger partial charge in [-0.1, -0.05) is 65.9 Å². The molecule has 0 saturated heterocycles. The second kappa shape index (κ2) is 11.5. The molecule has 2 heterocycles. The van der Waals surface area contributed by atoms with Crippen LogP contribution in [0.2, 0.25) is 0 Å². The quantitative estimate of drug-likeness (QED) is 0.310. The highest BCUT2D eigenvalue weighted by Gasteiger charge is 2.33. The summed E-state index contributed by atoms with van der Waals surface area (Å²) in [5, 5.41) is 0. The van der Waals surface area contributed by atoms with Crippen molar-refractivity contribution >= 4 is 23.4 Å². The molecular formula is C31H28N2O5S. The predicted molar refractivity (Wildman–Crippen MR) is 151 cm³/mol. The predicted octanol–water partition coefficient (Wildman–Crippen LogP) is 4.39. The summed E-state index contributed by atoms with van der Waals surface area (Å²) in [5.74, 6) is 0.874. The Morgan fingerprint density at radius 1 is 1.03 bits per heavy atom. The number of methoxy groups -OCH3 is 1. The van der Waals surface area contributed by atoms with E-state index < -0.39 is 12.0 Å². The van der Waals surface area contributed by atoms with Crippen molar-refractivity contribution in [1.29, 1.82) is 0 Å². The minimum absolute atomic E-state index is 0.218. The Balaban J connectivity index is 1.52. The van der Waals surface area contributed by atoms with Crippen molar-refractivity contribution in [3.8, 4) is 11.5 Å². The van der Waals surface area contributed by atoms with E-state index in [4.69, 9.17) is 14.2 Å². The molecule has 0 saturated carbocycles. The van der Waals surface area contributed by atoms with Crippen LogP contribution in [-0.2, 0) is 16.1 Å². The van der Waals surface area contributed by atoms with Crippen LogP contribution in [0.5, 0.6) is 11.5 Å². The number of carbonyl (C=O) groups is 1. The largest absolute Gasteiger partial charge is 0.497 e. The Hall–Kier alpha value is -4.43. The van der Waals surface area contributed by atoms with Gasteiger partial charge in [0.2, 0.25) is 0 Å². The van der Waals surface area contributed by atoms with Crippen LogP contribution in [-0.4, -0.2) is 24.3 Å². The van der Waals surface area contributed by atoms with Gasteiger partial charge in [0.05, 0.1) is 35.6 Å². The molecule has 0 radical (unpaired) electrons. The minimum atomic E-state index is -0.689. The highest BCUT2D eigenvalue weighted by atomic mass is 32.1. The Bertz CT molecular complexity index is 1700. The molecule has 1 aliphatic rings. The maximum absolute atomic E-state index is 13.8. The SMILES string of the molecule is CCOC(=O)C1=C(C)N=c2s/c(=C\c3ccc(OCc4ccccc4)cc3)c(=O)n2C1c1cccc(OC)c1. The number of thiazole rings is 1. The van der Waals surface area contributed by atoms with Crippen LogP contribution in [0.15, 0.2) is 99.9 Å². The highest BCUT2D eigenvalue weighted by molar-refractivity contribution is 7.07. The van der Waals surface area contributed by atoms with Crippen LogP contribution in [0, 0.1) is 0 Å². The van der Waals surface area contributed by atoms with Gasteiger partial charge in [0.25, 0.3) is 5.56 Å². The number of aromatic nitrogens is 1. The lowest BCUT2D eigenvalue weighted by Gasteiger charge is -2.25. The van der Waals surface area contributed by atoms with Gasteiger partial charge >= 0.3 is 5.97 Å². The van der Waals surface area contributed by atoms with E-state index in [1.54, 1.807) is 25.5 Å². The molecule has 0 amide bonds. The second-order valence-electron chi connectivity index (χ2n) is 8.92. The molecule has 7 nitrogen and oxygen atoms in total. The maximum atomic E-state index is 13.8. The number of carbonyl (C=O) groups excluding carboxylic acids is 1. The molecule has 0 spiro atoms. The number of hydrogen-bond donors (Lipinski definition) is 0. The number of fused-ring (bicyclic) bond motifs is 1. The van der Waals surface area contributed by atoms with Crippen molar-refractivity contribution in [1.82, 2.24) is 4.57 Å². The van der Waals surface area contributed by atoms with Crippen molar-refractivity contribution in [3.63, 3.8) is 0 Å². The summed E-state index contributed by atoms with van der Waals surface area (Å²) < 4.78 is 18.7. The third-order valence-electron chi connectivity index (χ3n) is 6.35. The highest BCUT2D eigenvalue weighted by Crippen LogP contribution is 2.32. The molecule has 1 aliphatic heterocycles. The fourth-order valence-electron chi connectivity index (χ4n) is 4.47. The second-order valence-corrected chi connectivity index (χ2v) is 9.93. The average Bonchev–Trinajstić information content (AvgIpc) is 3.26. The molecule has 0 bridgehead atoms. The molecule has 39 heavy (non-hydrogen) atoms. The summed E-state index contributed by atoms with van der Waals surface area (Å²) in [7, 11) is 1.58. The summed E-state index contributed by atoms with van der Waals surface area (Å²) in [4.78, 5) is 32.0. The number of hydrogen-bond acceptors (Lipinski definition) is 7. The third-order valence-corrected chi connectivity index (χ3v) is 7.34. The van der Waals surface area contributed by atoms with Crippen LogP contribution in [0.4, 0.5) is 0 Å². The van der Waals surface area contributed by atoms with E-state index in [0.717, 1.165) is 22.4 Å². The van der Waals surface area contributed by atoms with Crippen molar-refractivity contribution < 1.29 is 19.0 Å². The van der Waals surface area contributed by atoms with Gasteiger partial charge in [-0.05, 0) is 60.9 Å². The van der Waals surface area contributed by atoms with Crippen LogP contribution in [0.1, 0.15) is 36.6 Å². The standard InChI is InChI=1S/C31H28N2O5S/c1-4-37-30(35)27-20(2)32-31-33(28(27)23-11-8-12-25(18-23)36-3)29(34)26(39-31)17-21-13-15-24(16-14-21)38-19-22-9-6-5-7-10-22/h5-18,28H,4,19H2,1-3H3/b26-17-. The van der Waals surface area contributed by atoms with Crippen molar-refractivity contribution in [2.75, 3.05) is 13.7 Å². The topological polar surface area (TPSA) is 79.1 Å². The Morgan fingerprint density at radius 2 is 1.79 bits per heavy atom. The van der Waals surface area contributed by atoms with E-state index in [1.807, 2.05) is 84.9 Å². The van der Waals surface area contributed by atoms with Gasteiger partial charge < -0.3 is 14.2 Å². The fourth-order valence-corrected chi connectivity index (χ4v) is 5.52. The van der Waals surface area contributed by atoms with Gasteiger partial charge in [-0.15, -0.1) is 0 Å². The monoisotopic (exact) mass is 540 g/mol. The van der Waals surface area contributed by atoms with Crippen LogP contribution in [0.3, 0.4) is 0 Å². The lowest BCUT2D eigenvalue weighted by Crippen LogP contribution is -2.39. The van der Waals surface area contributed by atoms with Gasteiger partial charge in [-0.2, -0.15) is 0 Å². The summed E-state index contributed by atoms with van der Waals surface area (Å²) in [6, 6.07) is 24.2. The fraction of sp³-hybridized carbons (Fsp3) is 0.194. The normalized spacial score (nSPS) is 14.9. The van der Waals surface area contributed by atoms with Crippen LogP contribution in [0.25, 0.3) is 6.08 Å². The average molecular weight is 541 g/mol. The molecule has 0 aliphatic carbocycles. The van der Waals surface area contributed by atoms with E-state index >= 15 is 0 Å². The minimum Gasteiger partial charge on any atom is -0.497 e. The molecule has 3 aromatic carbocycles. The van der Waals surface area contributed by atoms with Gasteiger partial charge in [0, 0.05) is 0 Å². The first-order valence-electron chi connectivity index (χ1n) is 12.6. The Kier molecular flexibility index (Phi) is 7.74. The summed E-state index contributed by atoms with van der Waals surface area (Å²) in [6.45, 7) is 4.22. The Morgan fingerprint density at radius 3 is 2.51 bits per heavy atom. The molecular weight excluding hydrogens is 512 g/mol. The first kappa shape index (κ1) is 26.2. The molecule has 198 valence electrons. The lowest BCUT2D eigenvalue weighted by molar-refractivity contribution is -0.139. The van der Waals surface area contributed by atoms with Gasteiger partial charge in [0.1, 0.15) is 18.1 Å². The van der Waals surface area contributed by atoms with Gasteiger partial charge in [-0.3, -0.25) is 9.36 Å². The van der Waals surface area contributed by atoms with E-state index in [-0.39, 0.29) is 12.2 Å². The molecule has 8 heteroatoms. The van der Waals surface area contributed by atoms with E-state index in [2.05, 4.69) is 4.99 Å². The summed E-state index contributed by atoms with van der Waals surface area (Å²) in [6.07, 6.45) is 1.83. The van der Waals surface area contributed by atoms with Crippen LogP contribution >= 0.6 is 11.3 Å². The number of rotatable bonds is 8. The van der Waals surface area contributed by atoms with E-state index in [0.29, 0.717) is 33.0 Å². The zero-order chi connectivity index (χ0) is 27.4. The van der Waals surface area contributed by atoms with Crippen molar-refractivity contribution in [3.05, 3.63) is 127 Å². The van der Waals surface area contributed by atoms with E-state index in [9.17, 15) is 9.59 Å².